The van der Waals surface area contributed by atoms with Crippen LogP contribution in [-0.2, 0) is 22.8 Å². The van der Waals surface area contributed by atoms with Gasteiger partial charge in [-0.1, -0.05) is 6.92 Å². The molecule has 18 heavy (non-hydrogen) atoms. The highest BCUT2D eigenvalue weighted by Crippen LogP contribution is 2.15. The van der Waals surface area contributed by atoms with Gasteiger partial charge in [0.15, 0.2) is 9.84 Å². The van der Waals surface area contributed by atoms with Crippen molar-refractivity contribution in [3.05, 3.63) is 16.1 Å². The lowest BCUT2D eigenvalue weighted by Crippen LogP contribution is -2.26. The molecule has 1 aliphatic rings. The molecule has 0 saturated carbocycles. The summed E-state index contributed by atoms with van der Waals surface area (Å²) in [6.45, 7) is 4.44. The fourth-order valence-corrected chi connectivity index (χ4v) is 4.33. The fraction of sp³-hybridized carbons (Fsp3) is 0.750. The zero-order valence-electron chi connectivity index (χ0n) is 10.8. The maximum atomic E-state index is 11.5. The van der Waals surface area contributed by atoms with Crippen molar-refractivity contribution in [3.8, 4) is 0 Å². The van der Waals surface area contributed by atoms with E-state index in [1.54, 1.807) is 11.3 Å². The predicted molar refractivity (Wildman–Crippen MR) is 74.7 cm³/mol. The van der Waals surface area contributed by atoms with Crippen LogP contribution in [0.4, 0.5) is 0 Å². The molecular formula is C12H20N2O2S2. The van der Waals surface area contributed by atoms with Gasteiger partial charge in [-0.3, -0.25) is 4.90 Å². The number of rotatable bonds is 4. The molecule has 0 N–H and O–H groups in total. The number of nitrogens with zero attached hydrogens (tertiary/aromatic N) is 2. The molecule has 102 valence electrons. The van der Waals surface area contributed by atoms with E-state index < -0.39 is 9.84 Å². The molecule has 2 heterocycles. The largest absolute Gasteiger partial charge is 0.296 e. The van der Waals surface area contributed by atoms with E-state index in [-0.39, 0.29) is 0 Å². The molecule has 1 saturated heterocycles. The van der Waals surface area contributed by atoms with Gasteiger partial charge in [-0.15, -0.1) is 11.3 Å². The first-order valence-electron chi connectivity index (χ1n) is 6.45. The first-order chi connectivity index (χ1) is 8.59. The first-order valence-corrected chi connectivity index (χ1v) is 9.15. The highest BCUT2D eigenvalue weighted by molar-refractivity contribution is 7.91. The van der Waals surface area contributed by atoms with Gasteiger partial charge in [0, 0.05) is 18.5 Å². The predicted octanol–water partition coefficient (Wildman–Crippen LogP) is 1.72. The van der Waals surface area contributed by atoms with Crippen LogP contribution in [0, 0.1) is 0 Å². The van der Waals surface area contributed by atoms with Gasteiger partial charge >= 0.3 is 0 Å². The molecule has 0 aliphatic carbocycles. The van der Waals surface area contributed by atoms with Crippen LogP contribution >= 0.6 is 11.3 Å². The van der Waals surface area contributed by atoms with Gasteiger partial charge < -0.3 is 0 Å². The molecule has 6 heteroatoms. The van der Waals surface area contributed by atoms with Crippen molar-refractivity contribution < 1.29 is 8.42 Å². The van der Waals surface area contributed by atoms with Gasteiger partial charge in [0.2, 0.25) is 0 Å². The minimum atomic E-state index is -2.81. The second-order valence-electron chi connectivity index (χ2n) is 4.76. The Morgan fingerprint density at radius 2 is 2.22 bits per heavy atom. The van der Waals surface area contributed by atoms with Crippen molar-refractivity contribution in [2.75, 3.05) is 24.6 Å². The van der Waals surface area contributed by atoms with Gasteiger partial charge in [0.05, 0.1) is 22.2 Å². The molecule has 4 nitrogen and oxygen atoms in total. The van der Waals surface area contributed by atoms with Crippen LogP contribution in [0.5, 0.6) is 0 Å². The Morgan fingerprint density at radius 1 is 1.39 bits per heavy atom. The Balaban J connectivity index is 1.92. The quantitative estimate of drug-likeness (QED) is 0.846. The van der Waals surface area contributed by atoms with Crippen LogP contribution in [0.25, 0.3) is 0 Å². The molecule has 0 atom stereocenters. The van der Waals surface area contributed by atoms with Crippen LogP contribution in [0.1, 0.15) is 30.5 Å². The molecule has 1 aromatic heterocycles. The minimum Gasteiger partial charge on any atom is -0.296 e. The summed E-state index contributed by atoms with van der Waals surface area (Å²) in [6, 6.07) is 0. The number of aryl methyl sites for hydroxylation is 1. The molecule has 0 radical (unpaired) electrons. The van der Waals surface area contributed by atoms with E-state index in [0.29, 0.717) is 18.1 Å². The highest BCUT2D eigenvalue weighted by Gasteiger charge is 2.19. The third-order valence-electron chi connectivity index (χ3n) is 3.10. The Hall–Kier alpha value is -0.460. The van der Waals surface area contributed by atoms with E-state index in [9.17, 15) is 8.42 Å². The number of sulfone groups is 1. The summed E-state index contributed by atoms with van der Waals surface area (Å²) in [4.78, 5) is 6.79. The Kier molecular flexibility index (Phi) is 4.75. The molecule has 0 amide bonds. The highest BCUT2D eigenvalue weighted by atomic mass is 32.2. The SMILES string of the molecule is CCCc1nc(CN2CCCS(=O)(=O)CC2)cs1. The fourth-order valence-electron chi connectivity index (χ4n) is 2.13. The third-order valence-corrected chi connectivity index (χ3v) is 5.77. The Labute approximate surface area is 113 Å². The monoisotopic (exact) mass is 288 g/mol. The number of thiazole rings is 1. The lowest BCUT2D eigenvalue weighted by atomic mass is 10.3. The molecule has 0 bridgehead atoms. The van der Waals surface area contributed by atoms with Crippen molar-refractivity contribution in [2.45, 2.75) is 32.7 Å². The number of hydrogen-bond acceptors (Lipinski definition) is 5. The van der Waals surface area contributed by atoms with Crippen LogP contribution < -0.4 is 0 Å². The summed E-state index contributed by atoms with van der Waals surface area (Å²) in [6.07, 6.45) is 2.91. The summed E-state index contributed by atoms with van der Waals surface area (Å²) in [5.74, 6) is 0.626. The summed E-state index contributed by atoms with van der Waals surface area (Å²) in [7, 11) is -2.81. The smallest absolute Gasteiger partial charge is 0.151 e. The second kappa shape index (κ2) is 6.12. The molecule has 1 aliphatic heterocycles. The van der Waals surface area contributed by atoms with Crippen molar-refractivity contribution in [1.29, 1.82) is 0 Å². The maximum absolute atomic E-state index is 11.5. The topological polar surface area (TPSA) is 50.3 Å². The summed E-state index contributed by atoms with van der Waals surface area (Å²) < 4.78 is 23.0. The molecule has 2 rings (SSSR count). The van der Waals surface area contributed by atoms with Crippen LogP contribution in [0.2, 0.25) is 0 Å². The van der Waals surface area contributed by atoms with Crippen molar-refractivity contribution in [2.24, 2.45) is 0 Å². The van der Waals surface area contributed by atoms with E-state index in [4.69, 9.17) is 0 Å². The normalized spacial score (nSPS) is 20.7. The summed E-state index contributed by atoms with van der Waals surface area (Å²) in [5.41, 5.74) is 1.09. The number of aromatic nitrogens is 1. The van der Waals surface area contributed by atoms with Gasteiger partial charge in [0.25, 0.3) is 0 Å². The zero-order chi connectivity index (χ0) is 13.0. The van der Waals surface area contributed by atoms with Gasteiger partial charge in [-0.25, -0.2) is 13.4 Å². The number of hydrogen-bond donors (Lipinski definition) is 0. The third kappa shape index (κ3) is 4.03. The lowest BCUT2D eigenvalue weighted by molar-refractivity contribution is 0.284. The van der Waals surface area contributed by atoms with Gasteiger partial charge in [-0.2, -0.15) is 0 Å². The van der Waals surface area contributed by atoms with Crippen LogP contribution in [-0.4, -0.2) is 42.9 Å². The molecular weight excluding hydrogens is 268 g/mol. The van der Waals surface area contributed by atoms with Crippen molar-refractivity contribution in [1.82, 2.24) is 9.88 Å². The van der Waals surface area contributed by atoms with E-state index >= 15 is 0 Å². The zero-order valence-corrected chi connectivity index (χ0v) is 12.4. The Bertz CT molecular complexity index is 482. The molecule has 0 unspecified atom stereocenters. The van der Waals surface area contributed by atoms with E-state index in [2.05, 4.69) is 22.2 Å². The average molecular weight is 288 g/mol. The molecule has 1 fully saturated rings. The average Bonchev–Trinajstić information content (AvgIpc) is 2.66. The van der Waals surface area contributed by atoms with E-state index in [1.165, 1.54) is 5.01 Å². The van der Waals surface area contributed by atoms with Gasteiger partial charge in [0.1, 0.15) is 0 Å². The van der Waals surface area contributed by atoms with Crippen LogP contribution in [0.3, 0.4) is 0 Å². The van der Waals surface area contributed by atoms with Crippen molar-refractivity contribution in [3.63, 3.8) is 0 Å². The van der Waals surface area contributed by atoms with Crippen molar-refractivity contribution >= 4 is 21.2 Å². The summed E-state index contributed by atoms with van der Waals surface area (Å²) >= 11 is 1.71. The maximum Gasteiger partial charge on any atom is 0.151 e. The minimum absolute atomic E-state index is 0.291. The lowest BCUT2D eigenvalue weighted by Gasteiger charge is -2.17. The first kappa shape index (κ1) is 14.0. The Morgan fingerprint density at radius 3 is 3.00 bits per heavy atom. The standard InChI is InChI=1S/C12H20N2O2S2/c1-2-4-12-13-11(10-17-12)9-14-5-3-7-18(15,16)8-6-14/h10H,2-9H2,1H3. The summed E-state index contributed by atoms with van der Waals surface area (Å²) in [5, 5.41) is 3.29. The molecule has 1 aromatic rings. The van der Waals surface area contributed by atoms with E-state index in [0.717, 1.165) is 38.0 Å². The second-order valence-corrected chi connectivity index (χ2v) is 8.01. The van der Waals surface area contributed by atoms with E-state index in [1.807, 2.05) is 0 Å². The van der Waals surface area contributed by atoms with Gasteiger partial charge in [-0.05, 0) is 25.8 Å². The molecule has 0 aromatic carbocycles. The molecule has 0 spiro atoms. The van der Waals surface area contributed by atoms with Crippen LogP contribution in [0.15, 0.2) is 5.38 Å².